The molecule has 25 heavy (non-hydrogen) atoms. The van der Waals surface area contributed by atoms with Gasteiger partial charge in [0.2, 0.25) is 0 Å². The molecule has 0 aromatic carbocycles. The lowest BCUT2D eigenvalue weighted by atomic mass is 10.1. The van der Waals surface area contributed by atoms with Crippen molar-refractivity contribution in [3.63, 3.8) is 0 Å². The molecule has 0 bridgehead atoms. The Kier molecular flexibility index (Phi) is 4.91. The molecule has 0 unspecified atom stereocenters. The molecule has 0 spiro atoms. The number of imidazole rings is 1. The smallest absolute Gasteiger partial charge is 0.259 e. The largest absolute Gasteiger partial charge is 0.334 e. The zero-order valence-electron chi connectivity index (χ0n) is 14.0. The maximum atomic E-state index is 12.4. The summed E-state index contributed by atoms with van der Waals surface area (Å²) in [5.41, 5.74) is 2.51. The third-order valence-corrected chi connectivity index (χ3v) is 5.11. The summed E-state index contributed by atoms with van der Waals surface area (Å²) in [5, 5.41) is 0.0373. The highest BCUT2D eigenvalue weighted by atomic mass is 32.2. The van der Waals surface area contributed by atoms with E-state index in [1.165, 1.54) is 0 Å². The van der Waals surface area contributed by atoms with Gasteiger partial charge in [-0.3, -0.25) is 9.97 Å². The highest BCUT2D eigenvalue weighted by Crippen LogP contribution is 2.17. The summed E-state index contributed by atoms with van der Waals surface area (Å²) in [7, 11) is -3.66. The maximum Gasteiger partial charge on any atom is 0.259 e. The molecule has 0 fully saturated rings. The van der Waals surface area contributed by atoms with Gasteiger partial charge in [-0.15, -0.1) is 0 Å². The monoisotopic (exact) mass is 357 g/mol. The average molecular weight is 357 g/mol. The first-order chi connectivity index (χ1) is 12.0. The fourth-order valence-corrected chi connectivity index (χ4v) is 3.47. The van der Waals surface area contributed by atoms with Gasteiger partial charge in [-0.05, 0) is 43.7 Å². The number of nitrogens with one attached hydrogen (secondary N) is 1. The third kappa shape index (κ3) is 3.92. The van der Waals surface area contributed by atoms with E-state index < -0.39 is 10.0 Å². The second kappa shape index (κ2) is 7.12. The van der Waals surface area contributed by atoms with Gasteiger partial charge < -0.3 is 4.57 Å². The van der Waals surface area contributed by atoms with Crippen LogP contribution >= 0.6 is 0 Å². The maximum absolute atomic E-state index is 12.4. The van der Waals surface area contributed by atoms with Gasteiger partial charge in [0.25, 0.3) is 10.0 Å². The Morgan fingerprint density at radius 1 is 1.16 bits per heavy atom. The molecule has 0 saturated carbocycles. The van der Waals surface area contributed by atoms with Crippen LogP contribution in [0.4, 0.5) is 0 Å². The summed E-state index contributed by atoms with van der Waals surface area (Å²) < 4.78 is 29.2. The van der Waals surface area contributed by atoms with Gasteiger partial charge in [0.05, 0.1) is 5.69 Å². The molecule has 1 N–H and O–H groups in total. The Bertz CT molecular complexity index is 968. The fraction of sp³-hybridized carbons (Fsp3) is 0.235. The average Bonchev–Trinajstić information content (AvgIpc) is 3.03. The van der Waals surface area contributed by atoms with Crippen molar-refractivity contribution in [1.82, 2.24) is 24.2 Å². The Morgan fingerprint density at radius 2 is 1.92 bits per heavy atom. The zero-order valence-corrected chi connectivity index (χ0v) is 14.9. The van der Waals surface area contributed by atoms with Crippen LogP contribution in [0.3, 0.4) is 0 Å². The Balaban J connectivity index is 1.77. The number of hydrogen-bond acceptors (Lipinski definition) is 5. The Morgan fingerprint density at radius 3 is 2.60 bits per heavy atom. The predicted molar refractivity (Wildman–Crippen MR) is 94.1 cm³/mol. The number of pyridine rings is 2. The summed E-state index contributed by atoms with van der Waals surface area (Å²) in [6.45, 7) is 4.57. The van der Waals surface area contributed by atoms with Gasteiger partial charge in [-0.25, -0.2) is 18.1 Å². The molecule has 0 aliphatic rings. The number of sulfonamides is 1. The molecule has 3 aromatic rings. The first-order valence-corrected chi connectivity index (χ1v) is 9.36. The molecule has 0 radical (unpaired) electrons. The van der Waals surface area contributed by atoms with E-state index in [0.29, 0.717) is 12.4 Å². The van der Waals surface area contributed by atoms with Crippen molar-refractivity contribution in [2.24, 2.45) is 0 Å². The molecule has 3 heterocycles. The van der Waals surface area contributed by atoms with Crippen molar-refractivity contribution in [3.8, 4) is 11.3 Å². The van der Waals surface area contributed by atoms with Crippen molar-refractivity contribution in [2.75, 3.05) is 0 Å². The summed E-state index contributed by atoms with van der Waals surface area (Å²) in [6.07, 6.45) is 6.60. The van der Waals surface area contributed by atoms with Crippen molar-refractivity contribution < 1.29 is 8.42 Å². The molecule has 7 nitrogen and oxygen atoms in total. The van der Waals surface area contributed by atoms with E-state index in [1.54, 1.807) is 42.3 Å². The van der Waals surface area contributed by atoms with Crippen LogP contribution in [-0.4, -0.2) is 27.9 Å². The predicted octanol–water partition coefficient (Wildman–Crippen LogP) is 2.15. The van der Waals surface area contributed by atoms with Crippen molar-refractivity contribution >= 4 is 10.0 Å². The Hall–Kier alpha value is -2.58. The minimum absolute atomic E-state index is 0.0373. The number of nitrogens with zero attached hydrogens (tertiary/aromatic N) is 4. The Labute approximate surface area is 146 Å². The number of aromatic nitrogens is 4. The number of rotatable bonds is 6. The number of hydrogen-bond donors (Lipinski definition) is 1. The molecule has 0 aliphatic heterocycles. The summed E-state index contributed by atoms with van der Waals surface area (Å²) in [5.74, 6) is 0.673. The molecule has 0 atom stereocenters. The van der Waals surface area contributed by atoms with E-state index in [9.17, 15) is 8.42 Å². The van der Waals surface area contributed by atoms with E-state index >= 15 is 0 Å². The standard InChI is InChI=1S/C17H19N5O2S/c1-3-22-12-17(21-13(22)2)25(23,24)20-11-14-4-9-19-16(10-14)15-5-7-18-8-6-15/h4-10,12,20H,3,11H2,1-2H3. The van der Waals surface area contributed by atoms with Gasteiger partial charge in [0, 0.05) is 43.4 Å². The molecule has 130 valence electrons. The van der Waals surface area contributed by atoms with Crippen LogP contribution in [-0.2, 0) is 23.1 Å². The molecule has 0 amide bonds. The number of aryl methyl sites for hydroxylation is 2. The first kappa shape index (κ1) is 17.2. The highest BCUT2D eigenvalue weighted by molar-refractivity contribution is 7.89. The summed E-state index contributed by atoms with van der Waals surface area (Å²) in [4.78, 5) is 12.4. The van der Waals surface area contributed by atoms with E-state index in [4.69, 9.17) is 0 Å². The van der Waals surface area contributed by atoms with Crippen molar-refractivity contribution in [1.29, 1.82) is 0 Å². The molecule has 0 aliphatic carbocycles. The summed E-state index contributed by atoms with van der Waals surface area (Å²) in [6, 6.07) is 7.35. The van der Waals surface area contributed by atoms with E-state index in [0.717, 1.165) is 16.8 Å². The van der Waals surface area contributed by atoms with Crippen molar-refractivity contribution in [2.45, 2.75) is 32.0 Å². The van der Waals surface area contributed by atoms with Crippen LogP contribution in [0.25, 0.3) is 11.3 Å². The van der Waals surface area contributed by atoms with Crippen molar-refractivity contribution in [3.05, 3.63) is 60.4 Å². The lowest BCUT2D eigenvalue weighted by molar-refractivity contribution is 0.577. The molecule has 3 rings (SSSR count). The van der Waals surface area contributed by atoms with Crippen LogP contribution in [0.2, 0.25) is 0 Å². The molecular formula is C17H19N5O2S. The minimum Gasteiger partial charge on any atom is -0.334 e. The topological polar surface area (TPSA) is 89.8 Å². The van der Waals surface area contributed by atoms with Gasteiger partial charge in [-0.2, -0.15) is 0 Å². The minimum atomic E-state index is -3.66. The van der Waals surface area contributed by atoms with Crippen LogP contribution < -0.4 is 4.72 Å². The van der Waals surface area contributed by atoms with Gasteiger partial charge in [0.15, 0.2) is 5.03 Å². The highest BCUT2D eigenvalue weighted by Gasteiger charge is 2.18. The van der Waals surface area contributed by atoms with E-state index in [2.05, 4.69) is 19.7 Å². The second-order valence-electron chi connectivity index (χ2n) is 5.52. The quantitative estimate of drug-likeness (QED) is 0.730. The molecule has 8 heteroatoms. The van der Waals surface area contributed by atoms with E-state index in [1.807, 2.05) is 25.1 Å². The first-order valence-electron chi connectivity index (χ1n) is 7.88. The SMILES string of the molecule is CCn1cc(S(=O)(=O)NCc2ccnc(-c3ccncc3)c2)nc1C. The van der Waals surface area contributed by atoms with Gasteiger partial charge >= 0.3 is 0 Å². The van der Waals surface area contributed by atoms with Gasteiger partial charge in [0.1, 0.15) is 5.82 Å². The molecular weight excluding hydrogens is 338 g/mol. The van der Waals surface area contributed by atoms with Crippen LogP contribution in [0.15, 0.2) is 54.1 Å². The lowest BCUT2D eigenvalue weighted by Gasteiger charge is -2.06. The lowest BCUT2D eigenvalue weighted by Crippen LogP contribution is -2.23. The summed E-state index contributed by atoms with van der Waals surface area (Å²) >= 11 is 0. The van der Waals surface area contributed by atoms with E-state index in [-0.39, 0.29) is 11.6 Å². The zero-order chi connectivity index (χ0) is 17.9. The van der Waals surface area contributed by atoms with Crippen LogP contribution in [0.5, 0.6) is 0 Å². The normalized spacial score (nSPS) is 11.6. The second-order valence-corrected chi connectivity index (χ2v) is 7.24. The molecule has 3 aromatic heterocycles. The fourth-order valence-electron chi connectivity index (χ4n) is 2.45. The van der Waals surface area contributed by atoms with Gasteiger partial charge in [-0.1, -0.05) is 0 Å². The molecule has 0 saturated heterocycles. The van der Waals surface area contributed by atoms with Crippen LogP contribution in [0, 0.1) is 6.92 Å². The third-order valence-electron chi connectivity index (χ3n) is 3.84. The van der Waals surface area contributed by atoms with Crippen LogP contribution in [0.1, 0.15) is 18.3 Å².